The van der Waals surface area contributed by atoms with Gasteiger partial charge in [0.2, 0.25) is 0 Å². The lowest BCUT2D eigenvalue weighted by molar-refractivity contribution is -0.142. The quantitative estimate of drug-likeness (QED) is 0.516. The molecule has 4 nitrogen and oxygen atoms in total. The van der Waals surface area contributed by atoms with Crippen LogP contribution in [-0.2, 0) is 9.53 Å². The van der Waals surface area contributed by atoms with Gasteiger partial charge in [0.05, 0.1) is 18.1 Å². The molecule has 1 aliphatic heterocycles. The molecular formula is C15H22O4. The second-order valence-electron chi connectivity index (χ2n) is 5.73. The molecule has 0 amide bonds. The zero-order valence-corrected chi connectivity index (χ0v) is 11.5. The maximum Gasteiger partial charge on any atom is 0.309 e. The molecule has 0 aromatic rings. The van der Waals surface area contributed by atoms with Gasteiger partial charge in [-0.15, -0.1) is 0 Å². The Labute approximate surface area is 113 Å². The van der Waals surface area contributed by atoms with Crippen molar-refractivity contribution in [3.63, 3.8) is 0 Å². The van der Waals surface area contributed by atoms with Crippen LogP contribution in [-0.4, -0.2) is 34.5 Å². The van der Waals surface area contributed by atoms with Gasteiger partial charge in [-0.05, 0) is 37.0 Å². The average molecular weight is 266 g/mol. The second kappa shape index (κ2) is 5.47. The summed E-state index contributed by atoms with van der Waals surface area (Å²) < 4.78 is 5.37. The van der Waals surface area contributed by atoms with Crippen molar-refractivity contribution in [2.24, 2.45) is 11.8 Å². The van der Waals surface area contributed by atoms with Crippen LogP contribution in [0.5, 0.6) is 0 Å². The SMILES string of the molecule is C=C1CC[C@@H]2[C@H](/C=C(\C)[C@@H](O)C[C@@H]1O)OC(=O)[C@H]2C. The van der Waals surface area contributed by atoms with Gasteiger partial charge in [0.25, 0.3) is 0 Å². The Bertz CT molecular complexity index is 412. The number of rotatable bonds is 0. The van der Waals surface area contributed by atoms with Gasteiger partial charge in [-0.2, -0.15) is 0 Å². The monoisotopic (exact) mass is 266 g/mol. The van der Waals surface area contributed by atoms with Crippen LogP contribution in [0.25, 0.3) is 0 Å². The summed E-state index contributed by atoms with van der Waals surface area (Å²) in [7, 11) is 0. The first-order chi connectivity index (χ1) is 8.90. The van der Waals surface area contributed by atoms with Crippen LogP contribution in [0.15, 0.2) is 23.8 Å². The van der Waals surface area contributed by atoms with Crippen molar-refractivity contribution in [2.45, 2.75) is 51.4 Å². The van der Waals surface area contributed by atoms with E-state index < -0.39 is 12.2 Å². The number of hydrogen-bond donors (Lipinski definition) is 2. The second-order valence-corrected chi connectivity index (χ2v) is 5.73. The molecule has 4 heteroatoms. The van der Waals surface area contributed by atoms with E-state index in [-0.39, 0.29) is 30.3 Å². The first-order valence-electron chi connectivity index (χ1n) is 6.82. The molecule has 0 spiro atoms. The molecule has 2 aliphatic rings. The van der Waals surface area contributed by atoms with Crippen LogP contribution in [0.2, 0.25) is 0 Å². The van der Waals surface area contributed by atoms with Gasteiger partial charge in [-0.3, -0.25) is 4.79 Å². The summed E-state index contributed by atoms with van der Waals surface area (Å²) in [6.45, 7) is 7.55. The van der Waals surface area contributed by atoms with Gasteiger partial charge in [0.15, 0.2) is 0 Å². The molecule has 0 bridgehead atoms. The Morgan fingerprint density at radius 3 is 2.74 bits per heavy atom. The van der Waals surface area contributed by atoms with E-state index in [0.717, 1.165) is 17.6 Å². The number of esters is 1. The van der Waals surface area contributed by atoms with E-state index in [1.807, 2.05) is 13.0 Å². The fraction of sp³-hybridized carbons (Fsp3) is 0.667. The summed E-state index contributed by atoms with van der Waals surface area (Å²) >= 11 is 0. The van der Waals surface area contributed by atoms with Gasteiger partial charge in [-0.1, -0.05) is 13.5 Å². The summed E-state index contributed by atoms with van der Waals surface area (Å²) in [5.74, 6) is -0.230. The highest BCUT2D eigenvalue weighted by Gasteiger charge is 2.41. The Morgan fingerprint density at radius 2 is 2.05 bits per heavy atom. The van der Waals surface area contributed by atoms with Crippen LogP contribution >= 0.6 is 0 Å². The van der Waals surface area contributed by atoms with Crippen LogP contribution in [0.1, 0.15) is 33.1 Å². The Morgan fingerprint density at radius 1 is 1.37 bits per heavy atom. The summed E-state index contributed by atoms with van der Waals surface area (Å²) in [6, 6.07) is 0. The summed E-state index contributed by atoms with van der Waals surface area (Å²) in [4.78, 5) is 11.7. The van der Waals surface area contributed by atoms with E-state index in [9.17, 15) is 15.0 Å². The minimum absolute atomic E-state index is 0.0942. The predicted octanol–water partition coefficient (Wildman–Crippen LogP) is 1.57. The highest BCUT2D eigenvalue weighted by atomic mass is 16.6. The third kappa shape index (κ3) is 2.90. The maximum atomic E-state index is 11.7. The highest BCUT2D eigenvalue weighted by molar-refractivity contribution is 5.75. The molecule has 0 aromatic heterocycles. The molecule has 19 heavy (non-hydrogen) atoms. The summed E-state index contributed by atoms with van der Waals surface area (Å²) in [6.07, 6.45) is 1.83. The molecule has 5 atom stereocenters. The maximum absolute atomic E-state index is 11.7. The first kappa shape index (κ1) is 14.3. The van der Waals surface area contributed by atoms with E-state index in [1.165, 1.54) is 0 Å². The first-order valence-corrected chi connectivity index (χ1v) is 6.82. The van der Waals surface area contributed by atoms with Crippen LogP contribution in [0.4, 0.5) is 0 Å². The Hall–Kier alpha value is -1.13. The summed E-state index contributed by atoms with van der Waals surface area (Å²) in [5, 5.41) is 20.0. The summed E-state index contributed by atoms with van der Waals surface area (Å²) in [5.41, 5.74) is 1.46. The zero-order chi connectivity index (χ0) is 14.2. The molecule has 2 rings (SSSR count). The van der Waals surface area contributed by atoms with Crippen molar-refractivity contribution in [2.75, 3.05) is 0 Å². The van der Waals surface area contributed by atoms with Crippen molar-refractivity contribution in [3.05, 3.63) is 23.8 Å². The van der Waals surface area contributed by atoms with Crippen molar-refractivity contribution < 1.29 is 19.7 Å². The molecule has 0 saturated carbocycles. The van der Waals surface area contributed by atoms with E-state index in [2.05, 4.69) is 6.58 Å². The third-order valence-corrected chi connectivity index (χ3v) is 4.36. The topological polar surface area (TPSA) is 66.8 Å². The van der Waals surface area contributed by atoms with E-state index >= 15 is 0 Å². The van der Waals surface area contributed by atoms with Gasteiger partial charge < -0.3 is 14.9 Å². The largest absolute Gasteiger partial charge is 0.458 e. The standard InChI is InChI=1S/C15H22O4/c1-8-4-5-11-10(3)15(18)19-14(11)6-9(2)13(17)7-12(8)16/h6,10-14,16-17H,1,4-5,7H2,2-3H3/b9-6+/t10-,11-,12-,13-,14-/m0/s1. The Balaban J connectivity index is 2.27. The normalized spacial score (nSPS) is 43.2. The number of carbonyl (C=O) groups is 1. The fourth-order valence-electron chi connectivity index (χ4n) is 2.81. The number of aliphatic hydroxyl groups is 2. The van der Waals surface area contributed by atoms with E-state index in [1.54, 1.807) is 6.92 Å². The smallest absolute Gasteiger partial charge is 0.309 e. The van der Waals surface area contributed by atoms with Crippen molar-refractivity contribution in [3.8, 4) is 0 Å². The fourth-order valence-corrected chi connectivity index (χ4v) is 2.81. The van der Waals surface area contributed by atoms with Crippen molar-refractivity contribution >= 4 is 5.97 Å². The number of aliphatic hydroxyl groups excluding tert-OH is 2. The van der Waals surface area contributed by atoms with E-state index in [0.29, 0.717) is 6.42 Å². The molecule has 2 N–H and O–H groups in total. The molecule has 0 unspecified atom stereocenters. The van der Waals surface area contributed by atoms with Crippen molar-refractivity contribution in [1.29, 1.82) is 0 Å². The molecule has 106 valence electrons. The van der Waals surface area contributed by atoms with Crippen LogP contribution < -0.4 is 0 Å². The van der Waals surface area contributed by atoms with Crippen LogP contribution in [0.3, 0.4) is 0 Å². The Kier molecular flexibility index (Phi) is 4.11. The van der Waals surface area contributed by atoms with Gasteiger partial charge in [0, 0.05) is 12.3 Å². The number of fused-ring (bicyclic) bond motifs is 1. The van der Waals surface area contributed by atoms with Crippen molar-refractivity contribution in [1.82, 2.24) is 0 Å². The lowest BCUT2D eigenvalue weighted by Gasteiger charge is -2.24. The van der Waals surface area contributed by atoms with Gasteiger partial charge in [-0.25, -0.2) is 0 Å². The minimum atomic E-state index is -0.722. The number of hydrogen-bond acceptors (Lipinski definition) is 4. The third-order valence-electron chi connectivity index (χ3n) is 4.36. The number of ether oxygens (including phenoxy) is 1. The molecule has 1 aliphatic carbocycles. The number of carbonyl (C=O) groups excluding carboxylic acids is 1. The molecule has 0 aromatic carbocycles. The van der Waals surface area contributed by atoms with Gasteiger partial charge >= 0.3 is 5.97 Å². The molecule has 1 saturated heterocycles. The van der Waals surface area contributed by atoms with Crippen LogP contribution in [0, 0.1) is 11.8 Å². The molecule has 1 heterocycles. The molecule has 1 fully saturated rings. The lowest BCUT2D eigenvalue weighted by Crippen LogP contribution is -2.26. The predicted molar refractivity (Wildman–Crippen MR) is 71.3 cm³/mol. The van der Waals surface area contributed by atoms with E-state index in [4.69, 9.17) is 4.74 Å². The molecular weight excluding hydrogens is 244 g/mol. The highest BCUT2D eigenvalue weighted by Crippen LogP contribution is 2.35. The zero-order valence-electron chi connectivity index (χ0n) is 11.5. The minimum Gasteiger partial charge on any atom is -0.458 e. The van der Waals surface area contributed by atoms with Gasteiger partial charge in [0.1, 0.15) is 6.10 Å². The average Bonchev–Trinajstić information content (AvgIpc) is 2.61. The lowest BCUT2D eigenvalue weighted by atomic mass is 9.83. The molecule has 0 radical (unpaired) electrons.